The minimum Gasteiger partial charge on any atom is -0.356 e. The zero-order chi connectivity index (χ0) is 32.3. The molecule has 0 bridgehead atoms. The van der Waals surface area contributed by atoms with Crippen LogP contribution in [0.15, 0.2) is 0 Å². The Balaban J connectivity index is 0.886. The molecule has 4 saturated carbocycles. The molecule has 2 N–H and O–H groups in total. The highest BCUT2D eigenvalue weighted by Crippen LogP contribution is 2.71. The standard InChI is InChI=1S/C38H64N4O4/c1-25-9-14-38(45-24-25)26(2)35-32(46-38)22-31-29-8-7-27-21-28(10-12-36(27,3)30(29)11-13-37(31,35)4)40-34(44)23-33(43)39-15-6-16-42-19-17-41(5)18-20-42/h25-32,35H,6-24H2,1-5H3,(H,39,43)(H,40,44)/t25-,26+,27-,28-,29-,30+,31+,32+,35+,36+,37+,38-/m1/s1. The highest BCUT2D eigenvalue weighted by Gasteiger charge is 2.69. The molecule has 0 radical (unpaired) electrons. The van der Waals surface area contributed by atoms with Gasteiger partial charge < -0.3 is 29.9 Å². The van der Waals surface area contributed by atoms with Gasteiger partial charge in [0.1, 0.15) is 6.42 Å². The molecule has 46 heavy (non-hydrogen) atoms. The van der Waals surface area contributed by atoms with Gasteiger partial charge in [0.15, 0.2) is 5.79 Å². The lowest BCUT2D eigenvalue weighted by atomic mass is 9.44. The summed E-state index contributed by atoms with van der Waals surface area (Å²) in [4.78, 5) is 30.3. The summed E-state index contributed by atoms with van der Waals surface area (Å²) >= 11 is 0. The topological polar surface area (TPSA) is 83.1 Å². The lowest BCUT2D eigenvalue weighted by Gasteiger charge is -2.61. The molecule has 0 aromatic heterocycles. The molecule has 3 aliphatic heterocycles. The zero-order valence-electron chi connectivity index (χ0n) is 29.7. The Morgan fingerprint density at radius 2 is 1.65 bits per heavy atom. The Morgan fingerprint density at radius 3 is 2.41 bits per heavy atom. The van der Waals surface area contributed by atoms with E-state index in [9.17, 15) is 9.59 Å². The fraction of sp³-hybridized carbons (Fsp3) is 0.947. The lowest BCUT2D eigenvalue weighted by molar-refractivity contribution is -0.273. The number of nitrogens with zero attached hydrogens (tertiary/aromatic N) is 2. The second-order valence-corrected chi connectivity index (χ2v) is 17.7. The summed E-state index contributed by atoms with van der Waals surface area (Å²) in [7, 11) is 2.17. The average molecular weight is 641 g/mol. The van der Waals surface area contributed by atoms with Crippen molar-refractivity contribution in [1.82, 2.24) is 20.4 Å². The Hall–Kier alpha value is -1.22. The van der Waals surface area contributed by atoms with Crippen molar-refractivity contribution in [2.24, 2.45) is 52.3 Å². The van der Waals surface area contributed by atoms with Crippen LogP contribution in [0.4, 0.5) is 0 Å². The van der Waals surface area contributed by atoms with Gasteiger partial charge in [-0.1, -0.05) is 27.7 Å². The van der Waals surface area contributed by atoms with Gasteiger partial charge in [0, 0.05) is 51.1 Å². The van der Waals surface area contributed by atoms with Crippen molar-refractivity contribution in [2.75, 3.05) is 52.9 Å². The molecule has 1 spiro atoms. The molecule has 12 atom stereocenters. The Bertz CT molecular complexity index is 1120. The number of nitrogens with one attached hydrogen (secondary N) is 2. The van der Waals surface area contributed by atoms with Gasteiger partial charge in [0.05, 0.1) is 12.7 Å². The van der Waals surface area contributed by atoms with Gasteiger partial charge in [0.25, 0.3) is 0 Å². The van der Waals surface area contributed by atoms with E-state index in [-0.39, 0.29) is 30.1 Å². The van der Waals surface area contributed by atoms with Gasteiger partial charge in [-0.05, 0) is 124 Å². The number of carbonyl (C=O) groups excluding carboxylic acids is 2. The molecule has 0 unspecified atom stereocenters. The lowest BCUT2D eigenvalue weighted by Crippen LogP contribution is -2.56. The largest absolute Gasteiger partial charge is 0.356 e. The maximum absolute atomic E-state index is 12.9. The molecular formula is C38H64N4O4. The third-order valence-electron chi connectivity index (χ3n) is 15.2. The second kappa shape index (κ2) is 12.9. The summed E-state index contributed by atoms with van der Waals surface area (Å²) in [5.74, 6) is 4.19. The summed E-state index contributed by atoms with van der Waals surface area (Å²) in [6.45, 7) is 16.9. The van der Waals surface area contributed by atoms with Gasteiger partial charge in [0.2, 0.25) is 11.8 Å². The van der Waals surface area contributed by atoms with Crippen LogP contribution in [-0.2, 0) is 19.1 Å². The summed E-state index contributed by atoms with van der Waals surface area (Å²) in [5, 5.41) is 6.27. The molecule has 4 aliphatic carbocycles. The van der Waals surface area contributed by atoms with Crippen molar-refractivity contribution in [1.29, 1.82) is 0 Å². The van der Waals surface area contributed by atoms with Gasteiger partial charge >= 0.3 is 0 Å². The molecule has 0 aromatic carbocycles. The number of likely N-dealkylation sites (N-methyl/N-ethyl adjacent to an activating group) is 1. The maximum atomic E-state index is 12.9. The van der Waals surface area contributed by atoms with Crippen LogP contribution < -0.4 is 10.6 Å². The van der Waals surface area contributed by atoms with E-state index in [2.05, 4.69) is 55.2 Å². The Labute approximate surface area is 278 Å². The molecule has 7 aliphatic rings. The first-order valence-corrected chi connectivity index (χ1v) is 19.3. The highest BCUT2D eigenvalue weighted by atomic mass is 16.7. The molecule has 7 fully saturated rings. The number of amides is 2. The molecule has 260 valence electrons. The fourth-order valence-electron chi connectivity index (χ4n) is 12.5. The summed E-state index contributed by atoms with van der Waals surface area (Å²) in [6.07, 6.45) is 13.4. The smallest absolute Gasteiger partial charge is 0.229 e. The molecule has 3 saturated heterocycles. The summed E-state index contributed by atoms with van der Waals surface area (Å²) in [5.41, 5.74) is 0.724. The summed E-state index contributed by atoms with van der Waals surface area (Å²) < 4.78 is 13.5. The van der Waals surface area contributed by atoms with Crippen LogP contribution in [0.5, 0.6) is 0 Å². The van der Waals surface area contributed by atoms with E-state index in [1.54, 1.807) is 0 Å². The molecule has 3 heterocycles. The van der Waals surface area contributed by atoms with E-state index in [1.807, 2.05) is 0 Å². The van der Waals surface area contributed by atoms with E-state index in [1.165, 1.54) is 44.9 Å². The molecular weight excluding hydrogens is 576 g/mol. The minimum atomic E-state index is -0.329. The highest BCUT2D eigenvalue weighted by molar-refractivity contribution is 5.96. The van der Waals surface area contributed by atoms with Crippen molar-refractivity contribution in [3.63, 3.8) is 0 Å². The molecule has 0 aromatic rings. The summed E-state index contributed by atoms with van der Waals surface area (Å²) in [6, 6.07) is 0.204. The first-order valence-electron chi connectivity index (χ1n) is 19.3. The number of fused-ring (bicyclic) bond motifs is 7. The van der Waals surface area contributed by atoms with E-state index in [0.717, 1.165) is 82.8 Å². The van der Waals surface area contributed by atoms with Gasteiger partial charge in [-0.3, -0.25) is 9.59 Å². The van der Waals surface area contributed by atoms with Crippen LogP contribution in [-0.4, -0.2) is 92.5 Å². The fourth-order valence-corrected chi connectivity index (χ4v) is 12.5. The number of hydrogen-bond donors (Lipinski definition) is 2. The first kappa shape index (κ1) is 33.3. The van der Waals surface area contributed by atoms with Crippen LogP contribution in [0.25, 0.3) is 0 Å². The van der Waals surface area contributed by atoms with Crippen LogP contribution in [0.3, 0.4) is 0 Å². The Kier molecular flexibility index (Phi) is 9.34. The van der Waals surface area contributed by atoms with Crippen LogP contribution in [0, 0.1) is 52.3 Å². The quantitative estimate of drug-likeness (QED) is 0.299. The van der Waals surface area contributed by atoms with Crippen molar-refractivity contribution in [3.8, 4) is 0 Å². The van der Waals surface area contributed by atoms with Crippen LogP contribution in [0.2, 0.25) is 0 Å². The van der Waals surface area contributed by atoms with Gasteiger partial charge in [-0.2, -0.15) is 0 Å². The molecule has 2 amide bonds. The number of ether oxygens (including phenoxy) is 2. The third kappa shape index (κ3) is 5.98. The molecule has 8 nitrogen and oxygen atoms in total. The van der Waals surface area contributed by atoms with E-state index >= 15 is 0 Å². The van der Waals surface area contributed by atoms with Crippen molar-refractivity contribution < 1.29 is 19.1 Å². The van der Waals surface area contributed by atoms with Crippen LogP contribution in [0.1, 0.15) is 105 Å². The molecule has 7 rings (SSSR count). The second-order valence-electron chi connectivity index (χ2n) is 17.7. The van der Waals surface area contributed by atoms with Gasteiger partial charge in [-0.25, -0.2) is 0 Å². The number of hydrogen-bond acceptors (Lipinski definition) is 6. The number of carbonyl (C=O) groups is 2. The Morgan fingerprint density at radius 1 is 0.870 bits per heavy atom. The van der Waals surface area contributed by atoms with Crippen molar-refractivity contribution in [2.45, 2.75) is 123 Å². The third-order valence-corrected chi connectivity index (χ3v) is 15.2. The van der Waals surface area contributed by atoms with E-state index < -0.39 is 0 Å². The van der Waals surface area contributed by atoms with Crippen molar-refractivity contribution >= 4 is 11.8 Å². The predicted octanol–water partition coefficient (Wildman–Crippen LogP) is 5.06. The minimum absolute atomic E-state index is 0.0495. The molecule has 8 heteroatoms. The number of piperazine rings is 1. The van der Waals surface area contributed by atoms with E-state index in [0.29, 0.717) is 47.2 Å². The normalized spacial score (nSPS) is 47.5. The SMILES string of the molecule is C[C@@H]1CC[C@@]2(OC1)O[C@H]1C[C@H]3[C@@H]4CC[C@@H]5C[C@H](NC(=O)CC(=O)NCCCN6CCN(C)CC6)CC[C@]5(C)[C@H]4CC[C@]3(C)[C@H]1[C@@H]2C. The predicted molar refractivity (Wildman–Crippen MR) is 180 cm³/mol. The number of rotatable bonds is 7. The van der Waals surface area contributed by atoms with Crippen molar-refractivity contribution in [3.05, 3.63) is 0 Å². The van der Waals surface area contributed by atoms with Crippen LogP contribution >= 0.6 is 0 Å². The van der Waals surface area contributed by atoms with E-state index in [4.69, 9.17) is 9.47 Å². The maximum Gasteiger partial charge on any atom is 0.229 e. The van der Waals surface area contributed by atoms with Gasteiger partial charge in [-0.15, -0.1) is 0 Å². The first-order chi connectivity index (χ1) is 22.0. The zero-order valence-corrected chi connectivity index (χ0v) is 29.7. The average Bonchev–Trinajstić information content (AvgIpc) is 3.47. The monoisotopic (exact) mass is 640 g/mol.